The highest BCUT2D eigenvalue weighted by molar-refractivity contribution is 7.71. The van der Waals surface area contributed by atoms with Crippen LogP contribution in [0, 0.1) is 4.77 Å². The van der Waals surface area contributed by atoms with E-state index in [1.165, 1.54) is 6.33 Å². The zero-order chi connectivity index (χ0) is 19.2. The number of aromatic nitrogens is 5. The van der Waals surface area contributed by atoms with E-state index in [0.29, 0.717) is 54.8 Å². The Hall–Kier alpha value is -2.72. The van der Waals surface area contributed by atoms with Gasteiger partial charge in [0.15, 0.2) is 21.9 Å². The van der Waals surface area contributed by atoms with Crippen LogP contribution in [-0.4, -0.2) is 50.9 Å². The van der Waals surface area contributed by atoms with Gasteiger partial charge in [-0.2, -0.15) is 0 Å². The molecule has 0 aliphatic carbocycles. The van der Waals surface area contributed by atoms with Crippen molar-refractivity contribution in [1.82, 2.24) is 24.5 Å². The third-order valence-electron chi connectivity index (χ3n) is 3.80. The summed E-state index contributed by atoms with van der Waals surface area (Å²) in [6, 6.07) is 1.75. The highest BCUT2D eigenvalue weighted by atomic mass is 32.1. The fraction of sp³-hybridized carbons (Fsp3) is 0.412. The average Bonchev–Trinajstić information content (AvgIpc) is 3.14. The Morgan fingerprint density at radius 3 is 2.81 bits per heavy atom. The van der Waals surface area contributed by atoms with Crippen molar-refractivity contribution in [2.75, 3.05) is 26.4 Å². The van der Waals surface area contributed by atoms with Gasteiger partial charge in [-0.15, -0.1) is 0 Å². The van der Waals surface area contributed by atoms with E-state index in [9.17, 15) is 4.79 Å². The van der Waals surface area contributed by atoms with Crippen LogP contribution in [0.2, 0.25) is 0 Å². The van der Waals surface area contributed by atoms with Crippen molar-refractivity contribution in [2.24, 2.45) is 0 Å². The molecule has 0 amide bonds. The molecule has 0 aliphatic rings. The van der Waals surface area contributed by atoms with E-state index in [1.54, 1.807) is 16.8 Å². The maximum absolute atomic E-state index is 12.0. The second kappa shape index (κ2) is 8.78. The number of imidazole rings is 1. The topological polar surface area (TPSA) is 107 Å². The zero-order valence-corrected chi connectivity index (χ0v) is 16.0. The van der Waals surface area contributed by atoms with Crippen molar-refractivity contribution in [1.29, 1.82) is 0 Å². The van der Waals surface area contributed by atoms with Crippen LogP contribution in [0.3, 0.4) is 0 Å². The Morgan fingerprint density at radius 1 is 1.19 bits per heavy atom. The fourth-order valence-corrected chi connectivity index (χ4v) is 2.87. The van der Waals surface area contributed by atoms with Gasteiger partial charge in [0.2, 0.25) is 0 Å². The lowest BCUT2D eigenvalue weighted by molar-refractivity contribution is 0.108. The normalized spacial score (nSPS) is 11.0. The maximum Gasteiger partial charge on any atom is 0.277 e. The molecule has 2 N–H and O–H groups in total. The molecular weight excluding hydrogens is 370 g/mol. The number of ether oxygens (including phenoxy) is 3. The quantitative estimate of drug-likeness (QED) is 0.424. The summed E-state index contributed by atoms with van der Waals surface area (Å²) in [6.45, 7) is 6.06. The molecule has 3 heterocycles. The van der Waals surface area contributed by atoms with Gasteiger partial charge < -0.3 is 19.2 Å². The summed E-state index contributed by atoms with van der Waals surface area (Å²) in [4.78, 5) is 26.1. The van der Waals surface area contributed by atoms with Crippen molar-refractivity contribution in [3.63, 3.8) is 0 Å². The molecule has 3 aromatic heterocycles. The van der Waals surface area contributed by atoms with E-state index >= 15 is 0 Å². The Bertz CT molecular complexity index is 1030. The standard InChI is InChI=1S/C17H21N5O4S/c1-3-24-7-8-26-12-5-6-18-11(14(12)25-4-2)9-22-15-13(19-10-20-15)16(23)21-17(22)27/h5-6,10H,3-4,7-9H2,1-2H3,(H,19,20)(H,21,23,27). The molecule has 3 rings (SSSR count). The summed E-state index contributed by atoms with van der Waals surface area (Å²) >= 11 is 5.31. The summed E-state index contributed by atoms with van der Waals surface area (Å²) in [5.41, 5.74) is 1.12. The van der Waals surface area contributed by atoms with Crippen LogP contribution in [0.15, 0.2) is 23.4 Å². The Balaban J connectivity index is 1.96. The number of aromatic amines is 2. The first-order chi connectivity index (χ1) is 13.2. The molecular formula is C17H21N5O4S. The maximum atomic E-state index is 12.0. The van der Waals surface area contributed by atoms with Gasteiger partial charge in [-0.25, -0.2) is 4.98 Å². The van der Waals surface area contributed by atoms with E-state index in [0.717, 1.165) is 0 Å². The Morgan fingerprint density at radius 2 is 2.04 bits per heavy atom. The first-order valence-electron chi connectivity index (χ1n) is 8.63. The minimum absolute atomic E-state index is 0.256. The lowest BCUT2D eigenvalue weighted by atomic mass is 10.3. The molecule has 0 aliphatic heterocycles. The van der Waals surface area contributed by atoms with Crippen LogP contribution >= 0.6 is 12.2 Å². The van der Waals surface area contributed by atoms with Crippen molar-refractivity contribution in [3.8, 4) is 11.5 Å². The van der Waals surface area contributed by atoms with Crippen LogP contribution in [-0.2, 0) is 11.3 Å². The monoisotopic (exact) mass is 391 g/mol. The highest BCUT2D eigenvalue weighted by Gasteiger charge is 2.16. The molecule has 0 bridgehead atoms. The van der Waals surface area contributed by atoms with E-state index in [1.807, 2.05) is 13.8 Å². The van der Waals surface area contributed by atoms with Crippen LogP contribution in [0.5, 0.6) is 11.5 Å². The fourth-order valence-electron chi connectivity index (χ4n) is 2.63. The van der Waals surface area contributed by atoms with Crippen LogP contribution in [0.1, 0.15) is 19.5 Å². The summed E-state index contributed by atoms with van der Waals surface area (Å²) in [7, 11) is 0. The number of fused-ring (bicyclic) bond motifs is 1. The van der Waals surface area contributed by atoms with Gasteiger partial charge in [0.25, 0.3) is 5.56 Å². The molecule has 9 nitrogen and oxygen atoms in total. The number of H-pyrrole nitrogens is 2. The highest BCUT2D eigenvalue weighted by Crippen LogP contribution is 2.30. The van der Waals surface area contributed by atoms with Gasteiger partial charge in [-0.1, -0.05) is 0 Å². The van der Waals surface area contributed by atoms with Crippen LogP contribution in [0.4, 0.5) is 0 Å². The van der Waals surface area contributed by atoms with Gasteiger partial charge in [-0.05, 0) is 26.1 Å². The molecule has 3 aromatic rings. The predicted octanol–water partition coefficient (Wildman–Crippen LogP) is 2.04. The second-order valence-corrected chi connectivity index (χ2v) is 5.90. The average molecular weight is 391 g/mol. The van der Waals surface area contributed by atoms with E-state index in [-0.39, 0.29) is 16.9 Å². The van der Waals surface area contributed by atoms with E-state index in [2.05, 4.69) is 19.9 Å². The smallest absolute Gasteiger partial charge is 0.277 e. The lowest BCUT2D eigenvalue weighted by Gasteiger charge is -2.16. The third kappa shape index (κ3) is 4.17. The van der Waals surface area contributed by atoms with Crippen LogP contribution in [0.25, 0.3) is 11.2 Å². The number of pyridine rings is 1. The van der Waals surface area contributed by atoms with Gasteiger partial charge in [-0.3, -0.25) is 19.3 Å². The number of nitrogens with one attached hydrogen (secondary N) is 2. The van der Waals surface area contributed by atoms with E-state index < -0.39 is 0 Å². The second-order valence-electron chi connectivity index (χ2n) is 5.51. The lowest BCUT2D eigenvalue weighted by Crippen LogP contribution is -2.16. The first kappa shape index (κ1) is 19.1. The van der Waals surface area contributed by atoms with E-state index in [4.69, 9.17) is 26.4 Å². The Labute approximate surface area is 160 Å². The number of hydrogen-bond donors (Lipinski definition) is 2. The third-order valence-corrected chi connectivity index (χ3v) is 4.12. The van der Waals surface area contributed by atoms with Crippen molar-refractivity contribution >= 4 is 23.4 Å². The molecule has 0 spiro atoms. The summed E-state index contributed by atoms with van der Waals surface area (Å²) in [5.74, 6) is 1.11. The molecule has 0 radical (unpaired) electrons. The van der Waals surface area contributed by atoms with Gasteiger partial charge in [0.05, 0.1) is 26.1 Å². The number of rotatable bonds is 9. The largest absolute Gasteiger partial charge is 0.488 e. The zero-order valence-electron chi connectivity index (χ0n) is 15.2. The van der Waals surface area contributed by atoms with Gasteiger partial charge >= 0.3 is 0 Å². The summed E-state index contributed by atoms with van der Waals surface area (Å²) < 4.78 is 18.8. The molecule has 0 fully saturated rings. The molecule has 0 aromatic carbocycles. The summed E-state index contributed by atoms with van der Waals surface area (Å²) in [5, 5.41) is 0. The first-order valence-corrected chi connectivity index (χ1v) is 9.03. The van der Waals surface area contributed by atoms with Gasteiger partial charge in [0, 0.05) is 18.9 Å². The number of nitrogens with zero attached hydrogens (tertiary/aromatic N) is 3. The SMILES string of the molecule is CCOCCOc1ccnc(Cn2c(=S)[nH]c(=O)c3[nH]cnc32)c1OCC. The van der Waals surface area contributed by atoms with Crippen molar-refractivity contribution in [2.45, 2.75) is 20.4 Å². The molecule has 0 saturated heterocycles. The van der Waals surface area contributed by atoms with Gasteiger partial charge in [0.1, 0.15) is 17.8 Å². The van der Waals surface area contributed by atoms with Crippen LogP contribution < -0.4 is 15.0 Å². The number of hydrogen-bond acceptors (Lipinski definition) is 7. The molecule has 0 saturated carbocycles. The predicted molar refractivity (Wildman–Crippen MR) is 102 cm³/mol. The molecule has 10 heteroatoms. The summed E-state index contributed by atoms with van der Waals surface area (Å²) in [6.07, 6.45) is 3.10. The minimum Gasteiger partial charge on any atom is -0.488 e. The molecule has 0 atom stereocenters. The molecule has 0 unspecified atom stereocenters. The minimum atomic E-state index is -0.310. The molecule has 144 valence electrons. The molecule has 27 heavy (non-hydrogen) atoms. The Kier molecular flexibility index (Phi) is 6.20. The van der Waals surface area contributed by atoms with Crippen molar-refractivity contribution in [3.05, 3.63) is 39.4 Å². The van der Waals surface area contributed by atoms with Crippen molar-refractivity contribution < 1.29 is 14.2 Å².